The minimum Gasteiger partial charge on any atom is -0.588 e. The molecule has 0 saturated heterocycles. The van der Waals surface area contributed by atoms with Crippen LogP contribution < -0.4 is 13.8 Å². The molecule has 7 heteroatoms. The molecule has 1 aliphatic heterocycles. The normalized spacial score (nSPS) is 15.0. The van der Waals surface area contributed by atoms with Gasteiger partial charge in [-0.25, -0.2) is 4.98 Å². The average Bonchev–Trinajstić information content (AvgIpc) is 3.13. The molecule has 6 nitrogen and oxygen atoms in total. The van der Waals surface area contributed by atoms with Gasteiger partial charge in [-0.3, -0.25) is 0 Å². The first-order valence-corrected chi connectivity index (χ1v) is 10.5. The van der Waals surface area contributed by atoms with Crippen molar-refractivity contribution in [1.82, 2.24) is 9.97 Å². The summed E-state index contributed by atoms with van der Waals surface area (Å²) in [6.07, 6.45) is 1.60. The Morgan fingerprint density at radius 3 is 2.20 bits per heavy atom. The lowest BCUT2D eigenvalue weighted by Crippen LogP contribution is -2.24. The van der Waals surface area contributed by atoms with Crippen LogP contribution in [0, 0.1) is 0 Å². The highest BCUT2D eigenvalue weighted by Gasteiger charge is 2.35. The topological polar surface area (TPSA) is 70.5 Å². The minimum absolute atomic E-state index is 0.192. The third kappa shape index (κ3) is 3.80. The Hall–Kier alpha value is -3.55. The quantitative estimate of drug-likeness (QED) is 0.422. The number of ether oxygens (including phenoxy) is 2. The highest BCUT2D eigenvalue weighted by molar-refractivity contribution is 7.93. The number of para-hydroxylation sites is 1. The second-order valence-electron chi connectivity index (χ2n) is 6.58. The Bertz CT molecular complexity index is 1160. The van der Waals surface area contributed by atoms with Gasteiger partial charge in [-0.1, -0.05) is 36.4 Å². The van der Waals surface area contributed by atoms with Crippen LogP contribution in [0.4, 0.5) is 5.82 Å². The Morgan fingerprint density at radius 1 is 0.767 bits per heavy atom. The number of benzene rings is 3. The van der Waals surface area contributed by atoms with Crippen LogP contribution in [0.15, 0.2) is 96.0 Å². The van der Waals surface area contributed by atoms with Crippen molar-refractivity contribution in [3.8, 4) is 23.3 Å². The predicted octanol–water partition coefficient (Wildman–Crippen LogP) is 5.10. The van der Waals surface area contributed by atoms with Crippen molar-refractivity contribution in [2.24, 2.45) is 0 Å². The van der Waals surface area contributed by atoms with Gasteiger partial charge in [0.2, 0.25) is 0 Å². The third-order valence-electron chi connectivity index (χ3n) is 4.56. The Labute approximate surface area is 177 Å². The molecule has 1 aliphatic rings. The Morgan fingerprint density at radius 2 is 1.43 bits per heavy atom. The summed E-state index contributed by atoms with van der Waals surface area (Å²) in [5.41, 5.74) is 1.03. The van der Waals surface area contributed by atoms with E-state index < -0.39 is 11.4 Å². The number of hydrogen-bond acceptors (Lipinski definition) is 6. The Balaban J connectivity index is 1.30. The fraction of sp³-hybridized carbons (Fsp3) is 0.0435. The van der Waals surface area contributed by atoms with Gasteiger partial charge < -0.3 is 14.0 Å². The van der Waals surface area contributed by atoms with Gasteiger partial charge in [-0.2, -0.15) is 9.29 Å². The van der Waals surface area contributed by atoms with Crippen molar-refractivity contribution in [2.45, 2.75) is 11.4 Å². The first-order valence-electron chi connectivity index (χ1n) is 9.37. The van der Waals surface area contributed by atoms with E-state index in [4.69, 9.17) is 9.47 Å². The van der Waals surface area contributed by atoms with E-state index in [0.29, 0.717) is 23.9 Å². The van der Waals surface area contributed by atoms with Crippen molar-refractivity contribution in [1.29, 1.82) is 0 Å². The van der Waals surface area contributed by atoms with Crippen LogP contribution >= 0.6 is 0 Å². The molecule has 0 saturated carbocycles. The number of fused-ring (bicyclic) bond motifs is 1. The molecule has 148 valence electrons. The third-order valence-corrected chi connectivity index (χ3v) is 6.05. The first-order chi connectivity index (χ1) is 14.8. The summed E-state index contributed by atoms with van der Waals surface area (Å²) in [7, 11) is 0. The monoisotopic (exact) mass is 415 g/mol. The molecule has 1 aromatic heterocycles. The molecular formula is C23H17N3O3S. The maximum absolute atomic E-state index is 12.8. The van der Waals surface area contributed by atoms with E-state index in [-0.39, 0.29) is 6.01 Å². The number of nitrogens with zero attached hydrogens (tertiary/aromatic N) is 3. The first kappa shape index (κ1) is 18.5. The molecule has 0 spiro atoms. The van der Waals surface area contributed by atoms with Gasteiger partial charge in [0.05, 0.1) is 6.54 Å². The van der Waals surface area contributed by atoms with Gasteiger partial charge in [0.1, 0.15) is 28.6 Å². The van der Waals surface area contributed by atoms with E-state index in [9.17, 15) is 4.55 Å². The van der Waals surface area contributed by atoms with Crippen molar-refractivity contribution in [3.05, 3.63) is 96.7 Å². The van der Waals surface area contributed by atoms with Gasteiger partial charge in [-0.15, -0.1) is 0 Å². The summed E-state index contributed by atoms with van der Waals surface area (Å²) in [6.45, 7) is 0.532. The smallest absolute Gasteiger partial charge is 0.324 e. The number of anilines is 1. The summed E-state index contributed by atoms with van der Waals surface area (Å²) in [4.78, 5) is 9.43. The zero-order valence-corrected chi connectivity index (χ0v) is 16.7. The minimum atomic E-state index is -1.29. The molecule has 0 aliphatic carbocycles. The zero-order valence-electron chi connectivity index (χ0n) is 15.8. The number of rotatable bonds is 5. The van der Waals surface area contributed by atoms with E-state index in [1.54, 1.807) is 28.7 Å². The lowest BCUT2D eigenvalue weighted by Gasteiger charge is -2.17. The van der Waals surface area contributed by atoms with Gasteiger partial charge in [0.25, 0.3) is 0 Å². The largest absolute Gasteiger partial charge is 0.588 e. The van der Waals surface area contributed by atoms with Crippen molar-refractivity contribution < 1.29 is 14.0 Å². The molecule has 1 atom stereocenters. The van der Waals surface area contributed by atoms with Crippen molar-refractivity contribution in [3.63, 3.8) is 0 Å². The van der Waals surface area contributed by atoms with Gasteiger partial charge in [0, 0.05) is 17.8 Å². The molecule has 30 heavy (non-hydrogen) atoms. The molecular weight excluding hydrogens is 398 g/mol. The summed E-state index contributed by atoms with van der Waals surface area (Å²) in [6, 6.07) is 26.4. The maximum atomic E-state index is 12.8. The van der Waals surface area contributed by atoms with Crippen LogP contribution in [0.5, 0.6) is 23.3 Å². The molecule has 5 rings (SSSR count). The maximum Gasteiger partial charge on any atom is 0.324 e. The van der Waals surface area contributed by atoms with Gasteiger partial charge in [0.15, 0.2) is 10.7 Å². The van der Waals surface area contributed by atoms with Crippen molar-refractivity contribution >= 4 is 17.2 Å². The Kier molecular flexibility index (Phi) is 4.96. The zero-order chi connectivity index (χ0) is 20.3. The second kappa shape index (κ2) is 8.06. The highest BCUT2D eigenvalue weighted by atomic mass is 32.2. The lowest BCUT2D eigenvalue weighted by molar-refractivity contribution is 0.438. The summed E-state index contributed by atoms with van der Waals surface area (Å²) in [5, 5.41) is 0. The SMILES string of the molecule is [O-][S+]1c2ccccc2CN1c1ccnc(Oc2ccc(Oc3ccccc3)cc2)n1. The van der Waals surface area contributed by atoms with Crippen LogP contribution in [0.3, 0.4) is 0 Å². The highest BCUT2D eigenvalue weighted by Crippen LogP contribution is 2.34. The standard InChI is InChI=1S/C23H17N3O3S/c27-30-21-9-5-4-6-17(21)16-26(30)22-14-15-24-23(25-22)29-20-12-10-19(11-13-20)28-18-7-2-1-3-8-18/h1-15H,16H2. The summed E-state index contributed by atoms with van der Waals surface area (Å²) >= 11 is -1.29. The average molecular weight is 415 g/mol. The predicted molar refractivity (Wildman–Crippen MR) is 114 cm³/mol. The molecule has 0 N–H and O–H groups in total. The van der Waals surface area contributed by atoms with Crippen molar-refractivity contribution in [2.75, 3.05) is 4.31 Å². The number of hydrogen-bond donors (Lipinski definition) is 0. The fourth-order valence-electron chi connectivity index (χ4n) is 3.13. The van der Waals surface area contributed by atoms with E-state index >= 15 is 0 Å². The lowest BCUT2D eigenvalue weighted by atomic mass is 10.2. The second-order valence-corrected chi connectivity index (χ2v) is 7.96. The molecule has 0 fully saturated rings. The van der Waals surface area contributed by atoms with E-state index in [0.717, 1.165) is 16.2 Å². The van der Waals surface area contributed by atoms with Crippen LogP contribution in [0.25, 0.3) is 0 Å². The van der Waals surface area contributed by atoms with Gasteiger partial charge >= 0.3 is 6.01 Å². The molecule has 0 amide bonds. The van der Waals surface area contributed by atoms with E-state index in [2.05, 4.69) is 9.97 Å². The molecule has 4 aromatic rings. The molecule has 0 bridgehead atoms. The van der Waals surface area contributed by atoms with Crippen LogP contribution in [0.2, 0.25) is 0 Å². The van der Waals surface area contributed by atoms with Gasteiger partial charge in [-0.05, 0) is 42.5 Å². The molecule has 0 radical (unpaired) electrons. The van der Waals surface area contributed by atoms with Crippen LogP contribution in [-0.2, 0) is 17.9 Å². The fourth-order valence-corrected chi connectivity index (χ4v) is 4.45. The van der Waals surface area contributed by atoms with E-state index in [1.165, 1.54) is 0 Å². The number of aromatic nitrogens is 2. The molecule has 2 heterocycles. The molecule has 1 unspecified atom stereocenters. The summed E-state index contributed by atoms with van der Waals surface area (Å²) < 4.78 is 26.1. The summed E-state index contributed by atoms with van der Waals surface area (Å²) in [5.74, 6) is 2.60. The van der Waals surface area contributed by atoms with Crippen LogP contribution in [0.1, 0.15) is 5.56 Å². The van der Waals surface area contributed by atoms with Crippen LogP contribution in [-0.4, -0.2) is 14.5 Å². The van der Waals surface area contributed by atoms with E-state index in [1.807, 2.05) is 66.7 Å². The molecule has 3 aromatic carbocycles.